The van der Waals surface area contributed by atoms with Crippen molar-refractivity contribution in [1.82, 2.24) is 19.9 Å². The first-order valence-electron chi connectivity index (χ1n) is 21.0. The zero-order valence-electron chi connectivity index (χ0n) is 33.3. The summed E-state index contributed by atoms with van der Waals surface area (Å²) in [6, 6.07) is 62.6. The van der Waals surface area contributed by atoms with E-state index >= 15 is 0 Å². The van der Waals surface area contributed by atoms with Crippen molar-refractivity contribution in [2.24, 2.45) is 4.99 Å². The summed E-state index contributed by atoms with van der Waals surface area (Å²) in [6.07, 6.45) is 11.6. The van der Waals surface area contributed by atoms with Crippen LogP contribution in [0.25, 0.3) is 82.6 Å². The number of para-hydroxylation sites is 1. The maximum absolute atomic E-state index is 5.36. The second-order valence-electron chi connectivity index (χ2n) is 15.9. The van der Waals surface area contributed by atoms with Gasteiger partial charge in [-0.05, 0) is 57.3 Å². The Hall–Kier alpha value is -7.89. The van der Waals surface area contributed by atoms with Crippen molar-refractivity contribution in [3.8, 4) is 22.6 Å². The van der Waals surface area contributed by atoms with E-state index < -0.39 is 0 Å². The van der Waals surface area contributed by atoms with Crippen LogP contribution in [0.15, 0.2) is 211 Å². The van der Waals surface area contributed by atoms with Gasteiger partial charge in [0.1, 0.15) is 12.0 Å². The Morgan fingerprint density at radius 3 is 1.95 bits per heavy atom. The van der Waals surface area contributed by atoms with Crippen LogP contribution in [0.4, 0.5) is 0 Å². The molecule has 5 nitrogen and oxygen atoms in total. The van der Waals surface area contributed by atoms with Gasteiger partial charge in [0, 0.05) is 44.7 Å². The highest BCUT2D eigenvalue weighted by molar-refractivity contribution is 6.38. The van der Waals surface area contributed by atoms with E-state index in [9.17, 15) is 0 Å². The molecule has 3 heterocycles. The molecular formula is C56H39N5. The topological polar surface area (TPSA) is 55.1 Å². The molecule has 0 bridgehead atoms. The minimum atomic E-state index is -0.276. The van der Waals surface area contributed by atoms with Crippen molar-refractivity contribution in [3.05, 3.63) is 223 Å². The third kappa shape index (κ3) is 5.89. The van der Waals surface area contributed by atoms with Gasteiger partial charge in [0.2, 0.25) is 0 Å². The SMILES string of the molecule is C1=CCC(c2cc(-c3cc4c5ccccc5c5c(c6ccccc6n5C5=CC(c6ccccc6)=NC(c6ccccc6)N5)c4c4ccccc34)nc(-c3ccccc3)n2)C=C1. The number of benzene rings is 8. The zero-order valence-corrected chi connectivity index (χ0v) is 33.3. The molecule has 0 saturated heterocycles. The van der Waals surface area contributed by atoms with Crippen molar-refractivity contribution >= 4 is 65.7 Å². The maximum Gasteiger partial charge on any atom is 0.160 e. The predicted octanol–water partition coefficient (Wildman–Crippen LogP) is 13.6. The minimum absolute atomic E-state index is 0.171. The quantitative estimate of drug-likeness (QED) is 0.171. The molecule has 288 valence electrons. The van der Waals surface area contributed by atoms with E-state index in [1.807, 2.05) is 6.07 Å². The van der Waals surface area contributed by atoms with E-state index in [1.54, 1.807) is 0 Å². The van der Waals surface area contributed by atoms with Crippen LogP contribution in [-0.2, 0) is 0 Å². The van der Waals surface area contributed by atoms with Gasteiger partial charge < -0.3 is 5.32 Å². The van der Waals surface area contributed by atoms with Crippen LogP contribution in [0.3, 0.4) is 0 Å². The van der Waals surface area contributed by atoms with E-state index in [0.29, 0.717) is 0 Å². The normalized spacial score (nSPS) is 16.3. The number of allylic oxidation sites excluding steroid dienone is 5. The summed E-state index contributed by atoms with van der Waals surface area (Å²) in [5, 5.41) is 13.5. The average Bonchev–Trinajstić information content (AvgIpc) is 3.70. The van der Waals surface area contributed by atoms with Gasteiger partial charge in [0.25, 0.3) is 0 Å². The first-order valence-corrected chi connectivity index (χ1v) is 21.0. The molecule has 0 amide bonds. The molecule has 1 aliphatic carbocycles. The van der Waals surface area contributed by atoms with Gasteiger partial charge in [-0.1, -0.05) is 182 Å². The highest BCUT2D eigenvalue weighted by Crippen LogP contribution is 2.47. The van der Waals surface area contributed by atoms with Gasteiger partial charge in [-0.2, -0.15) is 0 Å². The van der Waals surface area contributed by atoms with Crippen LogP contribution < -0.4 is 5.32 Å². The number of nitrogens with one attached hydrogen (secondary N) is 1. The summed E-state index contributed by atoms with van der Waals surface area (Å²) < 4.78 is 2.44. The molecule has 2 aliphatic rings. The molecule has 8 aromatic carbocycles. The predicted molar refractivity (Wildman–Crippen MR) is 254 cm³/mol. The largest absolute Gasteiger partial charge is 0.346 e. The number of fused-ring (bicyclic) bond motifs is 10. The lowest BCUT2D eigenvalue weighted by atomic mass is 9.89. The van der Waals surface area contributed by atoms with Crippen LogP contribution in [0, 0.1) is 0 Å². The summed E-state index contributed by atoms with van der Waals surface area (Å²) in [7, 11) is 0. The maximum atomic E-state index is 5.36. The third-order valence-electron chi connectivity index (χ3n) is 12.3. The summed E-state index contributed by atoms with van der Waals surface area (Å²) in [5.74, 6) is 1.89. The van der Waals surface area contributed by atoms with Crippen LogP contribution in [0.5, 0.6) is 0 Å². The second-order valence-corrected chi connectivity index (χ2v) is 15.9. The van der Waals surface area contributed by atoms with Crippen LogP contribution in [-0.4, -0.2) is 20.2 Å². The summed E-state index contributed by atoms with van der Waals surface area (Å²) >= 11 is 0. The number of aliphatic imine (C=N–C) groups is 1. The summed E-state index contributed by atoms with van der Waals surface area (Å²) in [4.78, 5) is 15.9. The molecule has 1 aliphatic heterocycles. The van der Waals surface area contributed by atoms with Gasteiger partial charge in [0.15, 0.2) is 5.82 Å². The summed E-state index contributed by atoms with van der Waals surface area (Å²) in [5.41, 5.74) is 9.47. The Morgan fingerprint density at radius 2 is 1.20 bits per heavy atom. The number of rotatable bonds is 6. The molecule has 1 N–H and O–H groups in total. The Balaban J connectivity index is 1.17. The average molecular weight is 782 g/mol. The van der Waals surface area contributed by atoms with Gasteiger partial charge in [-0.25, -0.2) is 9.97 Å². The van der Waals surface area contributed by atoms with E-state index in [0.717, 1.165) is 73.8 Å². The van der Waals surface area contributed by atoms with Crippen LogP contribution >= 0.6 is 0 Å². The Kier molecular flexibility index (Phi) is 8.30. The fourth-order valence-electron chi connectivity index (χ4n) is 9.51. The number of hydrogen-bond acceptors (Lipinski definition) is 4. The Labute approximate surface area is 353 Å². The lowest BCUT2D eigenvalue weighted by Crippen LogP contribution is -2.27. The first kappa shape index (κ1) is 35.1. The number of aromatic nitrogens is 3. The Bertz CT molecular complexity index is 3470. The smallest absolute Gasteiger partial charge is 0.160 e. The minimum Gasteiger partial charge on any atom is -0.346 e. The van der Waals surface area contributed by atoms with E-state index in [2.05, 4.69) is 210 Å². The molecule has 10 aromatic rings. The first-order chi connectivity index (χ1) is 30.3. The Morgan fingerprint density at radius 1 is 0.541 bits per heavy atom. The number of nitrogens with zero attached hydrogens (tertiary/aromatic N) is 4. The second kappa shape index (κ2) is 14.4. The lowest BCUT2D eigenvalue weighted by Gasteiger charge is -2.26. The molecule has 2 aromatic heterocycles. The van der Waals surface area contributed by atoms with E-state index in [-0.39, 0.29) is 12.1 Å². The van der Waals surface area contributed by atoms with Crippen molar-refractivity contribution in [1.29, 1.82) is 0 Å². The van der Waals surface area contributed by atoms with Crippen molar-refractivity contribution < 1.29 is 0 Å². The van der Waals surface area contributed by atoms with E-state index in [4.69, 9.17) is 15.0 Å². The molecule has 0 spiro atoms. The molecule has 5 heteroatoms. The van der Waals surface area contributed by atoms with Crippen molar-refractivity contribution in [2.75, 3.05) is 0 Å². The van der Waals surface area contributed by atoms with Crippen molar-refractivity contribution in [3.63, 3.8) is 0 Å². The standard InChI is InChI=1S/C56H39N5/c1-5-19-36(20-6-1)47-34-49(59-55(57-47)38-23-9-3-10-24-38)45-33-46-41-28-14-16-30-43(41)54-53(52(46)42-29-15-13-27-40(42)45)44-31-17-18-32-50(44)61(54)51-35-48(37-21-7-2-8-22-37)58-56(60-51)39-25-11-4-12-26-39/h1-19,21-36,56,60H,20H2. The molecule has 0 saturated carbocycles. The lowest BCUT2D eigenvalue weighted by molar-refractivity contribution is 0.646. The van der Waals surface area contributed by atoms with Crippen LogP contribution in [0.2, 0.25) is 0 Å². The molecule has 0 fully saturated rings. The number of hydrogen-bond donors (Lipinski definition) is 1. The molecular weight excluding hydrogens is 743 g/mol. The fourth-order valence-corrected chi connectivity index (χ4v) is 9.51. The van der Waals surface area contributed by atoms with Crippen molar-refractivity contribution in [2.45, 2.75) is 18.5 Å². The molecule has 0 radical (unpaired) electrons. The van der Waals surface area contributed by atoms with Gasteiger partial charge >= 0.3 is 0 Å². The third-order valence-corrected chi connectivity index (χ3v) is 12.3. The monoisotopic (exact) mass is 781 g/mol. The highest BCUT2D eigenvalue weighted by atomic mass is 15.2. The molecule has 12 rings (SSSR count). The van der Waals surface area contributed by atoms with E-state index in [1.165, 1.54) is 37.7 Å². The van der Waals surface area contributed by atoms with Gasteiger partial charge in [-0.3, -0.25) is 9.56 Å². The molecule has 2 atom stereocenters. The zero-order chi connectivity index (χ0) is 40.3. The van der Waals surface area contributed by atoms with Gasteiger partial charge in [-0.15, -0.1) is 0 Å². The molecule has 61 heavy (non-hydrogen) atoms. The summed E-state index contributed by atoms with van der Waals surface area (Å²) in [6.45, 7) is 0. The fraction of sp³-hybridized carbons (Fsp3) is 0.0536. The van der Waals surface area contributed by atoms with Gasteiger partial charge in [0.05, 0.1) is 28.1 Å². The molecule has 2 unspecified atom stereocenters. The highest BCUT2D eigenvalue weighted by Gasteiger charge is 2.26. The van der Waals surface area contributed by atoms with Crippen LogP contribution in [0.1, 0.15) is 35.3 Å².